The van der Waals surface area contributed by atoms with Crippen LogP contribution in [0, 0.1) is 0 Å². The van der Waals surface area contributed by atoms with Crippen molar-refractivity contribution in [2.24, 2.45) is 5.10 Å². The number of hydrogen-bond acceptors (Lipinski definition) is 8. The van der Waals surface area contributed by atoms with Crippen molar-refractivity contribution in [3.8, 4) is 17.2 Å². The Hall–Kier alpha value is -3.60. The van der Waals surface area contributed by atoms with E-state index >= 15 is 0 Å². The molecule has 0 aliphatic carbocycles. The van der Waals surface area contributed by atoms with Gasteiger partial charge in [0.15, 0.2) is 18.1 Å². The van der Waals surface area contributed by atoms with Crippen molar-refractivity contribution in [2.75, 3.05) is 27.4 Å². The van der Waals surface area contributed by atoms with E-state index in [2.05, 4.69) is 36.5 Å². The van der Waals surface area contributed by atoms with Crippen molar-refractivity contribution >= 4 is 39.9 Å². The fraction of sp³-hybridized carbons (Fsp3) is 0.333. The molecule has 0 aromatic heterocycles. The molecule has 188 valence electrons. The smallest absolute Gasteiger partial charge is 0.343 e. The van der Waals surface area contributed by atoms with Crippen LogP contribution in [0.5, 0.6) is 17.2 Å². The van der Waals surface area contributed by atoms with E-state index in [0.717, 1.165) is 5.56 Å². The number of methoxy groups -OCH3 is 2. The fourth-order valence-corrected chi connectivity index (χ4v) is 3.38. The van der Waals surface area contributed by atoms with Gasteiger partial charge in [-0.1, -0.05) is 12.1 Å². The van der Waals surface area contributed by atoms with Gasteiger partial charge in [-0.2, -0.15) is 5.10 Å². The molecule has 0 fully saturated rings. The van der Waals surface area contributed by atoms with Crippen molar-refractivity contribution in [3.05, 3.63) is 52.0 Å². The quantitative estimate of drug-likeness (QED) is 0.237. The number of benzene rings is 2. The maximum absolute atomic E-state index is 12.3. The van der Waals surface area contributed by atoms with Gasteiger partial charge in [0.25, 0.3) is 5.91 Å². The molecular weight excluding hydrogens is 522 g/mol. The van der Waals surface area contributed by atoms with Gasteiger partial charge in [-0.25, -0.2) is 10.2 Å². The van der Waals surface area contributed by atoms with Crippen LogP contribution in [0.4, 0.5) is 0 Å². The number of carbonyl (C=O) groups is 3. The molecule has 2 aromatic rings. The minimum absolute atomic E-state index is 0.128. The van der Waals surface area contributed by atoms with Gasteiger partial charge >= 0.3 is 5.97 Å². The van der Waals surface area contributed by atoms with Crippen molar-refractivity contribution in [1.29, 1.82) is 0 Å². The number of nitrogens with zero attached hydrogens (tertiary/aromatic N) is 1. The van der Waals surface area contributed by atoms with E-state index < -0.39 is 17.9 Å². The number of amides is 2. The molecule has 0 heterocycles. The first-order chi connectivity index (χ1) is 16.8. The Balaban J connectivity index is 1.94. The molecule has 1 unspecified atom stereocenters. The van der Waals surface area contributed by atoms with Gasteiger partial charge in [0.2, 0.25) is 5.91 Å². The zero-order valence-corrected chi connectivity index (χ0v) is 21.5. The lowest BCUT2D eigenvalue weighted by molar-refractivity contribution is -0.143. The summed E-state index contributed by atoms with van der Waals surface area (Å²) in [7, 11) is 2.84. The Morgan fingerprint density at radius 1 is 1.11 bits per heavy atom. The van der Waals surface area contributed by atoms with E-state index in [4.69, 9.17) is 14.2 Å². The third kappa shape index (κ3) is 8.93. The molecule has 0 saturated heterocycles. The molecule has 0 bridgehead atoms. The molecule has 11 heteroatoms. The highest BCUT2D eigenvalue weighted by Gasteiger charge is 2.16. The zero-order valence-electron chi connectivity index (χ0n) is 19.9. The van der Waals surface area contributed by atoms with Crippen LogP contribution >= 0.6 is 15.9 Å². The summed E-state index contributed by atoms with van der Waals surface area (Å²) in [5.41, 5.74) is 3.79. The predicted molar refractivity (Wildman–Crippen MR) is 133 cm³/mol. The molecule has 2 N–H and O–H groups in total. The largest absolute Gasteiger partial charge is 0.497 e. The molecule has 35 heavy (non-hydrogen) atoms. The van der Waals surface area contributed by atoms with E-state index in [9.17, 15) is 14.4 Å². The van der Waals surface area contributed by atoms with Crippen LogP contribution in [-0.4, -0.2) is 57.5 Å². The topological polar surface area (TPSA) is 125 Å². The van der Waals surface area contributed by atoms with Crippen molar-refractivity contribution < 1.29 is 33.3 Å². The summed E-state index contributed by atoms with van der Waals surface area (Å²) in [6.45, 7) is 3.46. The Bertz CT molecular complexity index is 1060. The third-order valence-corrected chi connectivity index (χ3v) is 5.17. The van der Waals surface area contributed by atoms with E-state index in [0.29, 0.717) is 33.9 Å². The standard InChI is InChI=1S/C24H28BrN3O7/c1-5-34-20-11-17(10-19(25)23(20)35-14-22(30)33-4)13-26-28-24(31)15(2)27-21(29)12-16-6-8-18(32-3)9-7-16/h6-11,13,15H,5,12,14H2,1-4H3,(H,27,29)(H,28,31). The Kier molecular flexibility index (Phi) is 11.0. The third-order valence-electron chi connectivity index (χ3n) is 4.58. The summed E-state index contributed by atoms with van der Waals surface area (Å²) in [5, 5.41) is 6.59. The highest BCUT2D eigenvalue weighted by Crippen LogP contribution is 2.36. The molecule has 2 aromatic carbocycles. The lowest BCUT2D eigenvalue weighted by Gasteiger charge is -2.14. The van der Waals surface area contributed by atoms with Crippen LogP contribution < -0.4 is 25.0 Å². The number of ether oxygens (including phenoxy) is 4. The highest BCUT2D eigenvalue weighted by atomic mass is 79.9. The molecule has 10 nitrogen and oxygen atoms in total. The maximum atomic E-state index is 12.3. The van der Waals surface area contributed by atoms with E-state index in [1.807, 2.05) is 6.92 Å². The molecular formula is C24H28BrN3O7. The fourth-order valence-electron chi connectivity index (χ4n) is 2.81. The number of carbonyl (C=O) groups excluding carboxylic acids is 3. The lowest BCUT2D eigenvalue weighted by Crippen LogP contribution is -2.43. The Labute approximate surface area is 212 Å². The first-order valence-electron chi connectivity index (χ1n) is 10.7. The van der Waals surface area contributed by atoms with Crippen LogP contribution in [0.1, 0.15) is 25.0 Å². The minimum atomic E-state index is -0.794. The normalized spacial score (nSPS) is 11.5. The Morgan fingerprint density at radius 3 is 2.46 bits per heavy atom. The lowest BCUT2D eigenvalue weighted by atomic mass is 10.1. The Morgan fingerprint density at radius 2 is 1.83 bits per heavy atom. The van der Waals surface area contributed by atoms with Gasteiger partial charge in [-0.3, -0.25) is 9.59 Å². The summed E-state index contributed by atoms with van der Waals surface area (Å²) in [5.74, 6) is 0.117. The predicted octanol–water partition coefficient (Wildman–Crippen LogP) is 2.61. The van der Waals surface area contributed by atoms with E-state index in [-0.39, 0.29) is 18.9 Å². The summed E-state index contributed by atoms with van der Waals surface area (Å²) in [6, 6.07) is 9.64. The summed E-state index contributed by atoms with van der Waals surface area (Å²) >= 11 is 3.39. The van der Waals surface area contributed by atoms with Gasteiger partial charge in [0, 0.05) is 0 Å². The second-order valence-corrected chi connectivity index (χ2v) is 8.03. The van der Waals surface area contributed by atoms with Gasteiger partial charge < -0.3 is 24.3 Å². The number of nitrogens with one attached hydrogen (secondary N) is 2. The molecule has 0 radical (unpaired) electrons. The average Bonchev–Trinajstić information content (AvgIpc) is 2.83. The van der Waals surface area contributed by atoms with Crippen LogP contribution in [0.2, 0.25) is 0 Å². The molecule has 1 atom stereocenters. The summed E-state index contributed by atoms with van der Waals surface area (Å²) in [6.07, 6.45) is 1.55. The first kappa shape index (κ1) is 27.6. The SMILES string of the molecule is CCOc1cc(C=NNC(=O)C(C)NC(=O)Cc2ccc(OC)cc2)cc(Br)c1OCC(=O)OC. The van der Waals surface area contributed by atoms with Crippen molar-refractivity contribution in [3.63, 3.8) is 0 Å². The first-order valence-corrected chi connectivity index (χ1v) is 11.5. The highest BCUT2D eigenvalue weighted by molar-refractivity contribution is 9.10. The summed E-state index contributed by atoms with van der Waals surface area (Å²) in [4.78, 5) is 35.9. The molecule has 0 saturated carbocycles. The number of esters is 1. The summed E-state index contributed by atoms with van der Waals surface area (Å²) < 4.78 is 21.3. The second-order valence-electron chi connectivity index (χ2n) is 7.18. The van der Waals surface area contributed by atoms with Crippen molar-refractivity contribution in [2.45, 2.75) is 26.3 Å². The van der Waals surface area contributed by atoms with Crippen LogP contribution in [0.15, 0.2) is 46.0 Å². The second kappa shape index (κ2) is 14.0. The molecule has 0 aliphatic rings. The molecule has 0 aliphatic heterocycles. The van der Waals surface area contributed by atoms with Gasteiger partial charge in [-0.05, 0) is 65.2 Å². The monoisotopic (exact) mass is 549 g/mol. The van der Waals surface area contributed by atoms with Gasteiger partial charge in [-0.15, -0.1) is 0 Å². The van der Waals surface area contributed by atoms with Crippen LogP contribution in [0.3, 0.4) is 0 Å². The average molecular weight is 550 g/mol. The number of rotatable bonds is 12. The maximum Gasteiger partial charge on any atom is 0.343 e. The van der Waals surface area contributed by atoms with Gasteiger partial charge in [0.05, 0.1) is 37.9 Å². The number of halogens is 1. The van der Waals surface area contributed by atoms with Gasteiger partial charge in [0.1, 0.15) is 11.8 Å². The van der Waals surface area contributed by atoms with Crippen molar-refractivity contribution in [1.82, 2.24) is 10.7 Å². The zero-order chi connectivity index (χ0) is 25.8. The number of hydrogen-bond donors (Lipinski definition) is 2. The number of hydrazone groups is 1. The van der Waals surface area contributed by atoms with E-state index in [1.54, 1.807) is 50.4 Å². The van der Waals surface area contributed by atoms with E-state index in [1.165, 1.54) is 13.3 Å². The molecule has 0 spiro atoms. The minimum Gasteiger partial charge on any atom is -0.497 e. The van der Waals surface area contributed by atoms with Crippen LogP contribution in [0.25, 0.3) is 0 Å². The van der Waals surface area contributed by atoms with Crippen LogP contribution in [-0.2, 0) is 25.5 Å². The molecule has 2 rings (SSSR count). The molecule has 2 amide bonds.